The number of anilines is 2. The van der Waals surface area contributed by atoms with E-state index >= 15 is 0 Å². The van der Waals surface area contributed by atoms with Crippen molar-refractivity contribution in [2.45, 2.75) is 37.9 Å². The van der Waals surface area contributed by atoms with Crippen LogP contribution in [-0.2, 0) is 17.7 Å². The van der Waals surface area contributed by atoms with Crippen LogP contribution in [0.4, 0.5) is 11.9 Å². The summed E-state index contributed by atoms with van der Waals surface area (Å²) in [6, 6.07) is 8.87. The van der Waals surface area contributed by atoms with Gasteiger partial charge in [-0.3, -0.25) is 4.90 Å². The van der Waals surface area contributed by atoms with Crippen molar-refractivity contribution in [1.82, 2.24) is 19.9 Å². The molecule has 5 rings (SSSR count). The Morgan fingerprint density at radius 2 is 1.68 bits per heavy atom. The molecule has 0 saturated carbocycles. The molecule has 2 aromatic rings. The minimum Gasteiger partial charge on any atom is -0.394 e. The van der Waals surface area contributed by atoms with Crippen LogP contribution in [0.25, 0.3) is 0 Å². The number of benzene rings is 1. The molecule has 3 aliphatic rings. The first kappa shape index (κ1) is 20.9. The summed E-state index contributed by atoms with van der Waals surface area (Å²) in [5, 5.41) is 10.2. The summed E-state index contributed by atoms with van der Waals surface area (Å²) in [5.41, 5.74) is 2.50. The molecule has 4 heterocycles. The van der Waals surface area contributed by atoms with Gasteiger partial charge < -0.3 is 19.6 Å². The van der Waals surface area contributed by atoms with Crippen molar-refractivity contribution in [3.05, 3.63) is 40.7 Å². The smallest absolute Gasteiger partial charge is 0.232 e. The molecule has 9 heteroatoms. The minimum absolute atomic E-state index is 0.0384. The number of ether oxygens (including phenoxy) is 1. The monoisotopic (exact) mass is 444 g/mol. The molecule has 166 valence electrons. The number of aliphatic hydroxyl groups excluding tert-OH is 1. The van der Waals surface area contributed by atoms with E-state index in [4.69, 9.17) is 21.3 Å². The van der Waals surface area contributed by atoms with E-state index in [1.807, 2.05) is 12.1 Å². The predicted octanol–water partition coefficient (Wildman–Crippen LogP) is 1.75. The zero-order chi connectivity index (χ0) is 21.2. The number of aliphatic hydroxyl groups is 1. The van der Waals surface area contributed by atoms with Gasteiger partial charge in [-0.15, -0.1) is 0 Å². The molecule has 1 aromatic heterocycles. The molecule has 8 nitrogen and oxygen atoms in total. The second-order valence-corrected chi connectivity index (χ2v) is 8.85. The molecule has 3 aliphatic heterocycles. The van der Waals surface area contributed by atoms with E-state index in [9.17, 15) is 5.11 Å². The van der Waals surface area contributed by atoms with Gasteiger partial charge in [-0.05, 0) is 42.0 Å². The van der Waals surface area contributed by atoms with E-state index in [1.54, 1.807) is 0 Å². The summed E-state index contributed by atoms with van der Waals surface area (Å²) in [6.45, 7) is 6.12. The number of nitrogens with zero attached hydrogens (tertiary/aromatic N) is 6. The molecule has 1 N–H and O–H groups in total. The van der Waals surface area contributed by atoms with E-state index in [2.05, 4.69) is 36.8 Å². The number of aromatic nitrogens is 3. The van der Waals surface area contributed by atoms with Crippen molar-refractivity contribution in [3.8, 4) is 0 Å². The van der Waals surface area contributed by atoms with Crippen molar-refractivity contribution in [3.63, 3.8) is 0 Å². The summed E-state index contributed by atoms with van der Waals surface area (Å²) >= 11 is 6.33. The third kappa shape index (κ3) is 4.48. The molecule has 2 fully saturated rings. The topological polar surface area (TPSA) is 77.9 Å². The van der Waals surface area contributed by atoms with E-state index in [0.29, 0.717) is 24.5 Å². The van der Waals surface area contributed by atoms with Crippen LogP contribution in [0.2, 0.25) is 5.28 Å². The Hall–Kier alpha value is -2.00. The average Bonchev–Trinajstić information content (AvgIpc) is 2.83. The van der Waals surface area contributed by atoms with Gasteiger partial charge in [0, 0.05) is 52.0 Å². The standard InChI is InChI=1S/C22H29ClN6O2/c23-20-24-21(28-9-7-27(8-10-28)18-5-11-31-12-6-18)26-22(25-20)29-14-17-4-2-1-3-16(17)13-19(29)15-30/h1-4,18-19,30H,5-15H2/t19-/m1/s1. The fraction of sp³-hybridized carbons (Fsp3) is 0.591. The van der Waals surface area contributed by atoms with Gasteiger partial charge in [-0.1, -0.05) is 24.3 Å². The quantitative estimate of drug-likeness (QED) is 0.764. The fourth-order valence-corrected chi connectivity index (χ4v) is 5.07. The van der Waals surface area contributed by atoms with Crippen LogP contribution in [0, 0.1) is 0 Å². The second-order valence-electron chi connectivity index (χ2n) is 8.51. The second kappa shape index (κ2) is 9.24. The maximum absolute atomic E-state index is 10.0. The highest BCUT2D eigenvalue weighted by molar-refractivity contribution is 6.28. The maximum Gasteiger partial charge on any atom is 0.232 e. The van der Waals surface area contributed by atoms with Crippen molar-refractivity contribution < 1.29 is 9.84 Å². The lowest BCUT2D eigenvalue weighted by atomic mass is 9.94. The molecule has 2 saturated heterocycles. The molecule has 0 unspecified atom stereocenters. The fourth-order valence-electron chi connectivity index (χ4n) is 4.92. The molecule has 0 aliphatic carbocycles. The molecule has 31 heavy (non-hydrogen) atoms. The lowest BCUT2D eigenvalue weighted by molar-refractivity contribution is 0.0320. The Kier molecular flexibility index (Phi) is 6.22. The summed E-state index contributed by atoms with van der Waals surface area (Å²) in [5.74, 6) is 1.16. The Balaban J connectivity index is 1.33. The molecule has 1 aromatic carbocycles. The van der Waals surface area contributed by atoms with Gasteiger partial charge in [-0.25, -0.2) is 0 Å². The maximum atomic E-state index is 10.0. The number of hydrogen-bond acceptors (Lipinski definition) is 8. The van der Waals surface area contributed by atoms with Gasteiger partial charge in [-0.2, -0.15) is 15.0 Å². The normalized spacial score (nSPS) is 23.1. The van der Waals surface area contributed by atoms with Crippen molar-refractivity contribution >= 4 is 23.5 Å². The van der Waals surface area contributed by atoms with Gasteiger partial charge in [0.2, 0.25) is 17.2 Å². The van der Waals surface area contributed by atoms with E-state index in [0.717, 1.165) is 58.7 Å². The predicted molar refractivity (Wildman–Crippen MR) is 120 cm³/mol. The highest BCUT2D eigenvalue weighted by Gasteiger charge is 2.30. The third-order valence-electron chi connectivity index (χ3n) is 6.71. The molecule has 0 bridgehead atoms. The van der Waals surface area contributed by atoms with E-state index in [1.165, 1.54) is 11.1 Å². The highest BCUT2D eigenvalue weighted by atomic mass is 35.5. The van der Waals surface area contributed by atoms with Crippen LogP contribution in [0.5, 0.6) is 0 Å². The van der Waals surface area contributed by atoms with E-state index < -0.39 is 0 Å². The van der Waals surface area contributed by atoms with Crippen molar-refractivity contribution in [2.75, 3.05) is 55.8 Å². The Morgan fingerprint density at radius 1 is 0.968 bits per heavy atom. The lowest BCUT2D eigenvalue weighted by Crippen LogP contribution is -2.52. The van der Waals surface area contributed by atoms with Gasteiger partial charge in [0.05, 0.1) is 12.6 Å². The van der Waals surface area contributed by atoms with Crippen LogP contribution in [0.15, 0.2) is 24.3 Å². The van der Waals surface area contributed by atoms with Gasteiger partial charge in [0.15, 0.2) is 0 Å². The summed E-state index contributed by atoms with van der Waals surface area (Å²) in [6.07, 6.45) is 2.98. The van der Waals surface area contributed by atoms with Crippen LogP contribution in [0.3, 0.4) is 0 Å². The van der Waals surface area contributed by atoms with Crippen molar-refractivity contribution in [2.24, 2.45) is 0 Å². The van der Waals surface area contributed by atoms with Gasteiger partial charge >= 0.3 is 0 Å². The average molecular weight is 445 g/mol. The Bertz CT molecular complexity index is 901. The first-order valence-electron chi connectivity index (χ1n) is 11.1. The first-order valence-corrected chi connectivity index (χ1v) is 11.5. The molecule has 1 atom stereocenters. The zero-order valence-corrected chi connectivity index (χ0v) is 18.4. The molecular weight excluding hydrogens is 416 g/mol. The van der Waals surface area contributed by atoms with Crippen LogP contribution >= 0.6 is 11.6 Å². The number of rotatable bonds is 4. The summed E-state index contributed by atoms with van der Waals surface area (Å²) in [7, 11) is 0. The molecular formula is C22H29ClN6O2. The number of hydrogen-bond donors (Lipinski definition) is 1. The summed E-state index contributed by atoms with van der Waals surface area (Å²) in [4.78, 5) is 20.4. The summed E-state index contributed by atoms with van der Waals surface area (Å²) < 4.78 is 5.50. The largest absolute Gasteiger partial charge is 0.394 e. The highest BCUT2D eigenvalue weighted by Crippen LogP contribution is 2.28. The van der Waals surface area contributed by atoms with Gasteiger partial charge in [0.25, 0.3) is 0 Å². The van der Waals surface area contributed by atoms with Crippen LogP contribution in [-0.4, -0.2) is 83.0 Å². The molecule has 0 spiro atoms. The minimum atomic E-state index is -0.0772. The first-order chi connectivity index (χ1) is 15.2. The molecule has 0 radical (unpaired) electrons. The van der Waals surface area contributed by atoms with Crippen LogP contribution < -0.4 is 9.80 Å². The number of piperazine rings is 1. The Labute approximate surface area is 187 Å². The lowest BCUT2D eigenvalue weighted by Gasteiger charge is -2.41. The Morgan fingerprint density at radius 3 is 2.42 bits per heavy atom. The van der Waals surface area contributed by atoms with Crippen molar-refractivity contribution in [1.29, 1.82) is 0 Å². The third-order valence-corrected chi connectivity index (χ3v) is 6.88. The zero-order valence-electron chi connectivity index (χ0n) is 17.7. The SMILES string of the molecule is OC[C@H]1Cc2ccccc2CN1c1nc(Cl)nc(N2CCN(C3CCOCC3)CC2)n1. The van der Waals surface area contributed by atoms with Gasteiger partial charge in [0.1, 0.15) is 0 Å². The van der Waals surface area contributed by atoms with E-state index in [-0.39, 0.29) is 17.9 Å². The van der Waals surface area contributed by atoms with Crippen LogP contribution in [0.1, 0.15) is 24.0 Å². The molecule has 0 amide bonds. The number of fused-ring (bicyclic) bond motifs is 1. The number of halogens is 1.